The molecule has 1 heterocycles. The number of rotatable bonds is 11. The lowest BCUT2D eigenvalue weighted by Crippen LogP contribution is -2.37. The molecule has 0 N–H and O–H groups in total. The minimum absolute atomic E-state index is 0.00505. The first-order valence-corrected chi connectivity index (χ1v) is 12.1. The summed E-state index contributed by atoms with van der Waals surface area (Å²) < 4.78 is 22.9. The lowest BCUT2D eigenvalue weighted by Gasteiger charge is -2.31. The normalized spacial score (nSPS) is 15.9. The van der Waals surface area contributed by atoms with Crippen LogP contribution in [0.2, 0.25) is 0 Å². The van der Waals surface area contributed by atoms with Crippen molar-refractivity contribution in [1.29, 1.82) is 0 Å². The van der Waals surface area contributed by atoms with Crippen LogP contribution in [0.4, 0.5) is 0 Å². The van der Waals surface area contributed by atoms with Crippen molar-refractivity contribution in [1.82, 2.24) is 0 Å². The zero-order chi connectivity index (χ0) is 23.2. The van der Waals surface area contributed by atoms with Gasteiger partial charge in [-0.05, 0) is 97.0 Å². The smallest absolute Gasteiger partial charge is 0.311 e. The van der Waals surface area contributed by atoms with E-state index in [1.165, 1.54) is 0 Å². The number of esters is 3. The van der Waals surface area contributed by atoms with Gasteiger partial charge in [0.15, 0.2) is 0 Å². The summed E-state index contributed by atoms with van der Waals surface area (Å²) in [6, 6.07) is 5.83. The summed E-state index contributed by atoms with van der Waals surface area (Å²) >= 11 is 4.40. The molecule has 1 aromatic carbocycles. The molecule has 0 bridgehead atoms. The summed E-state index contributed by atoms with van der Waals surface area (Å²) in [4.78, 5) is 36.9. The molecular formula is C22H28I2O7. The average molecular weight is 658 g/mol. The third kappa shape index (κ3) is 8.83. The molecule has 0 aromatic heterocycles. The third-order valence-electron chi connectivity index (χ3n) is 4.72. The van der Waals surface area contributed by atoms with E-state index in [2.05, 4.69) is 45.2 Å². The van der Waals surface area contributed by atoms with Crippen LogP contribution in [0.15, 0.2) is 18.2 Å². The van der Waals surface area contributed by atoms with Gasteiger partial charge in [-0.2, -0.15) is 0 Å². The Balaban J connectivity index is 1.73. The van der Waals surface area contributed by atoms with Crippen LogP contribution in [0.3, 0.4) is 0 Å². The molecule has 2 rings (SSSR count). The number of hydrogen-bond acceptors (Lipinski definition) is 7. The van der Waals surface area contributed by atoms with Crippen LogP contribution in [0.1, 0.15) is 39.7 Å². The molecule has 0 aliphatic carbocycles. The molecule has 1 aliphatic rings. The molecule has 0 radical (unpaired) electrons. The molecule has 31 heavy (non-hydrogen) atoms. The van der Waals surface area contributed by atoms with Crippen LogP contribution in [0, 0.1) is 18.0 Å². The largest absolute Gasteiger partial charge is 0.462 e. The Morgan fingerprint density at radius 1 is 1.00 bits per heavy atom. The standard InChI is InChI=1S/C22H28I2O7/c1-21(2,13-22(3,4)20(27)31-12-16-11-30-16)19(26)29-8-7-28-18(25)9-14-5-6-15(23)10-17(14)24/h5-6,10,16H,7-9,11-13H2,1-4H3. The molecular weight excluding hydrogens is 630 g/mol. The van der Waals surface area contributed by atoms with Crippen molar-refractivity contribution in [3.63, 3.8) is 0 Å². The van der Waals surface area contributed by atoms with Crippen LogP contribution in [-0.2, 0) is 39.8 Å². The fraction of sp³-hybridized carbons (Fsp3) is 0.591. The minimum atomic E-state index is -0.903. The van der Waals surface area contributed by atoms with E-state index in [0.717, 1.165) is 12.7 Å². The van der Waals surface area contributed by atoms with Crippen molar-refractivity contribution in [3.05, 3.63) is 30.9 Å². The van der Waals surface area contributed by atoms with Gasteiger partial charge in [-0.15, -0.1) is 0 Å². The second-order valence-electron chi connectivity index (χ2n) is 8.77. The van der Waals surface area contributed by atoms with Crippen molar-refractivity contribution in [2.24, 2.45) is 10.8 Å². The molecule has 1 aromatic rings. The van der Waals surface area contributed by atoms with E-state index in [4.69, 9.17) is 18.9 Å². The first kappa shape index (κ1) is 26.3. The molecule has 1 atom stereocenters. The molecule has 0 spiro atoms. The number of carbonyl (C=O) groups excluding carboxylic acids is 3. The maximum Gasteiger partial charge on any atom is 0.311 e. The van der Waals surface area contributed by atoms with E-state index >= 15 is 0 Å². The van der Waals surface area contributed by atoms with E-state index in [9.17, 15) is 14.4 Å². The summed E-state index contributed by atoms with van der Waals surface area (Å²) in [5.41, 5.74) is -0.861. The maximum atomic E-state index is 12.5. The Labute approximate surface area is 210 Å². The Morgan fingerprint density at radius 2 is 1.58 bits per heavy atom. The lowest BCUT2D eigenvalue weighted by molar-refractivity contribution is -0.164. The Morgan fingerprint density at radius 3 is 2.16 bits per heavy atom. The highest BCUT2D eigenvalue weighted by Crippen LogP contribution is 2.36. The molecule has 172 valence electrons. The van der Waals surface area contributed by atoms with Gasteiger partial charge in [-0.3, -0.25) is 14.4 Å². The fourth-order valence-electron chi connectivity index (χ4n) is 3.13. The summed E-state index contributed by atoms with van der Waals surface area (Å²) in [6.07, 6.45) is 0.417. The topological polar surface area (TPSA) is 91.4 Å². The van der Waals surface area contributed by atoms with Gasteiger partial charge in [0.25, 0.3) is 0 Å². The van der Waals surface area contributed by atoms with Gasteiger partial charge in [0, 0.05) is 7.14 Å². The molecule has 1 fully saturated rings. The Bertz CT molecular complexity index is 816. The second-order valence-corrected chi connectivity index (χ2v) is 11.2. The Kier molecular flexibility index (Phi) is 9.56. The van der Waals surface area contributed by atoms with Gasteiger partial charge in [0.2, 0.25) is 0 Å². The fourth-order valence-corrected chi connectivity index (χ4v) is 4.93. The number of carbonyl (C=O) groups is 3. The quantitative estimate of drug-likeness (QED) is 0.117. The first-order valence-electron chi connectivity index (χ1n) is 9.96. The van der Waals surface area contributed by atoms with Gasteiger partial charge in [-0.25, -0.2) is 0 Å². The maximum absolute atomic E-state index is 12.5. The average Bonchev–Trinajstić information content (AvgIpc) is 3.49. The second kappa shape index (κ2) is 11.3. The van der Waals surface area contributed by atoms with Gasteiger partial charge in [0.05, 0.1) is 23.9 Å². The van der Waals surface area contributed by atoms with E-state index in [1.54, 1.807) is 27.7 Å². The van der Waals surface area contributed by atoms with Gasteiger partial charge in [-0.1, -0.05) is 6.07 Å². The molecule has 1 unspecified atom stereocenters. The number of halogens is 2. The van der Waals surface area contributed by atoms with Crippen LogP contribution >= 0.6 is 45.2 Å². The van der Waals surface area contributed by atoms with E-state index in [0.29, 0.717) is 6.61 Å². The highest BCUT2D eigenvalue weighted by atomic mass is 127. The molecule has 1 saturated heterocycles. The number of hydrogen-bond donors (Lipinski definition) is 0. The highest BCUT2D eigenvalue weighted by molar-refractivity contribution is 14.1. The third-order valence-corrected chi connectivity index (χ3v) is 6.40. The molecule has 9 heteroatoms. The SMILES string of the molecule is CC(C)(CC(C)(C)C(=O)OCC1CO1)C(=O)OCCOC(=O)Cc1ccc(I)cc1I. The van der Waals surface area contributed by atoms with Crippen molar-refractivity contribution < 1.29 is 33.3 Å². The molecule has 0 saturated carbocycles. The highest BCUT2D eigenvalue weighted by Gasteiger charge is 2.41. The van der Waals surface area contributed by atoms with Gasteiger partial charge < -0.3 is 18.9 Å². The summed E-state index contributed by atoms with van der Waals surface area (Å²) in [5, 5.41) is 0. The van der Waals surface area contributed by atoms with Crippen molar-refractivity contribution in [2.45, 2.75) is 46.6 Å². The van der Waals surface area contributed by atoms with Crippen molar-refractivity contribution in [3.8, 4) is 0 Å². The zero-order valence-corrected chi connectivity index (χ0v) is 22.5. The van der Waals surface area contributed by atoms with E-state index < -0.39 is 16.8 Å². The van der Waals surface area contributed by atoms with Crippen LogP contribution in [-0.4, -0.2) is 50.4 Å². The minimum Gasteiger partial charge on any atom is -0.462 e. The summed E-state index contributed by atoms with van der Waals surface area (Å²) in [5.74, 6) is -1.21. The van der Waals surface area contributed by atoms with Crippen LogP contribution < -0.4 is 0 Å². The van der Waals surface area contributed by atoms with E-state index in [1.807, 2.05) is 18.2 Å². The van der Waals surface area contributed by atoms with Gasteiger partial charge >= 0.3 is 17.9 Å². The number of benzene rings is 1. The van der Waals surface area contributed by atoms with Crippen molar-refractivity contribution in [2.75, 3.05) is 26.4 Å². The predicted octanol–water partition coefficient (Wildman–Crippen LogP) is 3.91. The molecule has 0 amide bonds. The summed E-state index contributed by atoms with van der Waals surface area (Å²) in [7, 11) is 0. The van der Waals surface area contributed by atoms with E-state index in [-0.39, 0.29) is 50.7 Å². The molecule has 7 nitrogen and oxygen atoms in total. The summed E-state index contributed by atoms with van der Waals surface area (Å²) in [6.45, 7) is 7.71. The van der Waals surface area contributed by atoms with Crippen molar-refractivity contribution >= 4 is 63.1 Å². The van der Waals surface area contributed by atoms with Crippen LogP contribution in [0.25, 0.3) is 0 Å². The monoisotopic (exact) mass is 658 g/mol. The lowest BCUT2D eigenvalue weighted by atomic mass is 9.75. The zero-order valence-electron chi connectivity index (χ0n) is 18.2. The molecule has 1 aliphatic heterocycles. The first-order chi connectivity index (χ1) is 14.4. The number of ether oxygens (including phenoxy) is 4. The van der Waals surface area contributed by atoms with Gasteiger partial charge in [0.1, 0.15) is 25.9 Å². The van der Waals surface area contributed by atoms with Crippen LogP contribution in [0.5, 0.6) is 0 Å². The Hall–Kier alpha value is -0.950. The predicted molar refractivity (Wildman–Crippen MR) is 130 cm³/mol. The number of epoxide rings is 1.